The van der Waals surface area contributed by atoms with Gasteiger partial charge in [0.1, 0.15) is 0 Å². The zero-order valence-electron chi connectivity index (χ0n) is 6.46. The van der Waals surface area contributed by atoms with Crippen LogP contribution in [0.1, 0.15) is 12.8 Å². The standard InChI is InChI=1S/C6H11NO2.K/c1-7-4-2-3-5(7)6(8)9;/h5H,2-4H2,1H3,(H,8,9);/q;+1/p-1. The number of carbonyl (C=O) groups excluding carboxylic acids is 1. The monoisotopic (exact) mass is 167 g/mol. The molecule has 1 unspecified atom stereocenters. The number of carbonyl (C=O) groups is 1. The first kappa shape index (κ1) is 11.1. The quantitative estimate of drug-likeness (QED) is 0.372. The van der Waals surface area contributed by atoms with Crippen LogP contribution in [0.4, 0.5) is 0 Å². The summed E-state index contributed by atoms with van der Waals surface area (Å²) in [5, 5.41) is 10.3. The summed E-state index contributed by atoms with van der Waals surface area (Å²) in [5.74, 6) is -0.935. The molecular weight excluding hydrogens is 157 g/mol. The van der Waals surface area contributed by atoms with Crippen molar-refractivity contribution in [1.29, 1.82) is 0 Å². The molecule has 0 spiro atoms. The van der Waals surface area contributed by atoms with Crippen LogP contribution in [0, 0.1) is 0 Å². The Labute approximate surface area is 103 Å². The predicted octanol–water partition coefficient (Wildman–Crippen LogP) is -4.17. The summed E-state index contributed by atoms with van der Waals surface area (Å²) < 4.78 is 0. The molecule has 10 heavy (non-hydrogen) atoms. The van der Waals surface area contributed by atoms with Crippen molar-refractivity contribution in [3.05, 3.63) is 0 Å². The van der Waals surface area contributed by atoms with Crippen molar-refractivity contribution in [2.45, 2.75) is 18.9 Å². The van der Waals surface area contributed by atoms with E-state index in [2.05, 4.69) is 0 Å². The maximum absolute atomic E-state index is 10.3. The molecule has 1 heterocycles. The normalized spacial score (nSPS) is 25.9. The van der Waals surface area contributed by atoms with Crippen molar-refractivity contribution in [2.24, 2.45) is 0 Å². The fourth-order valence-corrected chi connectivity index (χ4v) is 1.21. The minimum atomic E-state index is -0.935. The van der Waals surface area contributed by atoms with Crippen molar-refractivity contribution in [3.8, 4) is 0 Å². The Morgan fingerprint density at radius 2 is 2.30 bits per heavy atom. The summed E-state index contributed by atoms with van der Waals surface area (Å²) >= 11 is 0. The minimum absolute atomic E-state index is 0. The van der Waals surface area contributed by atoms with Crippen molar-refractivity contribution < 1.29 is 61.3 Å². The maximum atomic E-state index is 10.3. The number of hydrogen-bond acceptors (Lipinski definition) is 3. The van der Waals surface area contributed by atoms with E-state index >= 15 is 0 Å². The van der Waals surface area contributed by atoms with Gasteiger partial charge in [-0.15, -0.1) is 0 Å². The summed E-state index contributed by atoms with van der Waals surface area (Å²) in [5.41, 5.74) is 0. The smallest absolute Gasteiger partial charge is 0.548 e. The summed E-state index contributed by atoms with van der Waals surface area (Å²) in [6.07, 6.45) is 1.73. The molecular formula is C6H10KNO2. The van der Waals surface area contributed by atoms with Gasteiger partial charge < -0.3 is 9.90 Å². The molecule has 0 bridgehead atoms. The molecule has 0 N–H and O–H groups in total. The number of rotatable bonds is 1. The molecule has 0 radical (unpaired) electrons. The van der Waals surface area contributed by atoms with Gasteiger partial charge in [0.15, 0.2) is 0 Å². The Morgan fingerprint density at radius 1 is 1.70 bits per heavy atom. The first-order valence-corrected chi connectivity index (χ1v) is 3.13. The topological polar surface area (TPSA) is 43.4 Å². The molecule has 52 valence electrons. The molecule has 1 atom stereocenters. The van der Waals surface area contributed by atoms with Crippen LogP contribution in [0.5, 0.6) is 0 Å². The summed E-state index contributed by atoms with van der Waals surface area (Å²) in [6, 6.07) is -0.329. The van der Waals surface area contributed by atoms with Crippen molar-refractivity contribution in [3.63, 3.8) is 0 Å². The average Bonchev–Trinajstić information content (AvgIpc) is 2.13. The Hall–Kier alpha value is 1.07. The van der Waals surface area contributed by atoms with Crippen LogP contribution < -0.4 is 56.5 Å². The Balaban J connectivity index is 0.000000810. The fourth-order valence-electron chi connectivity index (χ4n) is 1.21. The number of hydrogen-bond donors (Lipinski definition) is 0. The largest absolute Gasteiger partial charge is 1.00 e. The number of carboxylic acid groups (broad SMARTS) is 1. The van der Waals surface area contributed by atoms with Crippen molar-refractivity contribution >= 4 is 5.97 Å². The molecule has 1 aliphatic heterocycles. The molecule has 0 aromatic carbocycles. The fraction of sp³-hybridized carbons (Fsp3) is 0.833. The van der Waals surface area contributed by atoms with Crippen LogP contribution in [-0.4, -0.2) is 30.5 Å². The molecule has 1 saturated heterocycles. The van der Waals surface area contributed by atoms with E-state index in [1.807, 2.05) is 11.9 Å². The molecule has 0 aromatic rings. The van der Waals surface area contributed by atoms with Gasteiger partial charge in [0, 0.05) is 6.04 Å². The summed E-state index contributed by atoms with van der Waals surface area (Å²) in [4.78, 5) is 12.1. The molecule has 1 aliphatic rings. The third-order valence-corrected chi connectivity index (χ3v) is 1.79. The van der Waals surface area contributed by atoms with Crippen LogP contribution in [-0.2, 0) is 4.79 Å². The Bertz CT molecular complexity index is 129. The van der Waals surface area contributed by atoms with E-state index in [0.29, 0.717) is 0 Å². The summed E-state index contributed by atoms with van der Waals surface area (Å²) in [7, 11) is 1.81. The van der Waals surface area contributed by atoms with Crippen molar-refractivity contribution in [2.75, 3.05) is 13.6 Å². The number of aliphatic carboxylic acids is 1. The molecule has 3 nitrogen and oxygen atoms in total. The third kappa shape index (κ3) is 2.60. The van der Waals surface area contributed by atoms with Gasteiger partial charge in [-0.1, -0.05) is 0 Å². The predicted molar refractivity (Wildman–Crippen MR) is 30.7 cm³/mol. The van der Waals surface area contributed by atoms with Gasteiger partial charge in [-0.3, -0.25) is 4.90 Å². The van der Waals surface area contributed by atoms with Crippen molar-refractivity contribution in [1.82, 2.24) is 4.90 Å². The van der Waals surface area contributed by atoms with Crippen LogP contribution in [0.3, 0.4) is 0 Å². The van der Waals surface area contributed by atoms with E-state index in [4.69, 9.17) is 0 Å². The van der Waals surface area contributed by atoms with Gasteiger partial charge in [0.25, 0.3) is 0 Å². The number of nitrogens with zero attached hydrogens (tertiary/aromatic N) is 1. The second-order valence-electron chi connectivity index (χ2n) is 2.46. The second kappa shape index (κ2) is 4.85. The second-order valence-corrected chi connectivity index (χ2v) is 2.46. The van der Waals surface area contributed by atoms with E-state index < -0.39 is 5.97 Å². The van der Waals surface area contributed by atoms with E-state index in [1.165, 1.54) is 0 Å². The summed E-state index contributed by atoms with van der Waals surface area (Å²) in [6.45, 7) is 0.888. The van der Waals surface area contributed by atoms with Gasteiger partial charge in [0.05, 0.1) is 5.97 Å². The molecule has 0 saturated carbocycles. The Morgan fingerprint density at radius 3 is 2.50 bits per heavy atom. The third-order valence-electron chi connectivity index (χ3n) is 1.79. The Kier molecular flexibility index (Phi) is 5.36. The van der Waals surface area contributed by atoms with Gasteiger partial charge >= 0.3 is 51.4 Å². The van der Waals surface area contributed by atoms with Crippen LogP contribution in [0.25, 0.3) is 0 Å². The molecule has 0 amide bonds. The SMILES string of the molecule is CN1CCCC1C(=O)[O-].[K+]. The van der Waals surface area contributed by atoms with Gasteiger partial charge in [-0.2, -0.15) is 0 Å². The number of likely N-dealkylation sites (tertiary alicyclic amines) is 1. The molecule has 4 heteroatoms. The van der Waals surface area contributed by atoms with Crippen LogP contribution in [0.2, 0.25) is 0 Å². The van der Waals surface area contributed by atoms with E-state index in [1.54, 1.807) is 0 Å². The molecule has 0 aliphatic carbocycles. The first-order chi connectivity index (χ1) is 4.22. The zero-order valence-corrected chi connectivity index (χ0v) is 9.59. The number of carboxylic acids is 1. The molecule has 0 aromatic heterocycles. The van der Waals surface area contributed by atoms with E-state index in [0.717, 1.165) is 19.4 Å². The van der Waals surface area contributed by atoms with E-state index in [-0.39, 0.29) is 57.4 Å². The number of likely N-dealkylation sites (N-methyl/N-ethyl adjacent to an activating group) is 1. The molecule has 1 rings (SSSR count). The maximum Gasteiger partial charge on any atom is 1.00 e. The molecule has 1 fully saturated rings. The minimum Gasteiger partial charge on any atom is -0.548 e. The average molecular weight is 167 g/mol. The van der Waals surface area contributed by atoms with Crippen LogP contribution in [0.15, 0.2) is 0 Å². The van der Waals surface area contributed by atoms with Gasteiger partial charge in [-0.05, 0) is 26.4 Å². The first-order valence-electron chi connectivity index (χ1n) is 3.13. The zero-order chi connectivity index (χ0) is 6.85. The van der Waals surface area contributed by atoms with E-state index in [9.17, 15) is 9.90 Å². The van der Waals surface area contributed by atoms with Gasteiger partial charge in [-0.25, -0.2) is 0 Å². The van der Waals surface area contributed by atoms with Crippen LogP contribution >= 0.6 is 0 Å². The van der Waals surface area contributed by atoms with Gasteiger partial charge in [0.2, 0.25) is 0 Å².